The third kappa shape index (κ3) is 9.19. The smallest absolute Gasteiger partial charge is 0.350 e. The van der Waals surface area contributed by atoms with E-state index in [-0.39, 0.29) is 28.8 Å². The van der Waals surface area contributed by atoms with Crippen LogP contribution in [0.2, 0.25) is 0 Å². The first-order valence-electron chi connectivity index (χ1n) is 22.5. The van der Waals surface area contributed by atoms with Crippen molar-refractivity contribution in [3.05, 3.63) is 101 Å². The van der Waals surface area contributed by atoms with Gasteiger partial charge in [0.1, 0.15) is 42.0 Å². The highest BCUT2D eigenvalue weighted by molar-refractivity contribution is 5.93. The summed E-state index contributed by atoms with van der Waals surface area (Å²) in [5.41, 5.74) is -13.5. The Labute approximate surface area is 406 Å². The predicted octanol–water partition coefficient (Wildman–Crippen LogP) is 3.14. The summed E-state index contributed by atoms with van der Waals surface area (Å²) in [6, 6.07) is 17.8. The Morgan fingerprint density at radius 2 is 1.23 bits per heavy atom. The number of aryl methyl sites for hydroxylation is 1. The monoisotopic (exact) mass is 987 g/mol. The van der Waals surface area contributed by atoms with Gasteiger partial charge in [-0.3, -0.25) is 29.0 Å². The highest BCUT2D eigenvalue weighted by atomic mass is 16.7. The van der Waals surface area contributed by atoms with Gasteiger partial charge in [-0.25, -0.2) is 19.2 Å². The van der Waals surface area contributed by atoms with Gasteiger partial charge in [-0.1, -0.05) is 36.4 Å². The van der Waals surface area contributed by atoms with Gasteiger partial charge >= 0.3 is 53.7 Å². The summed E-state index contributed by atoms with van der Waals surface area (Å²) in [5, 5.41) is 14.0. The van der Waals surface area contributed by atoms with E-state index in [1.54, 1.807) is 24.3 Å². The second kappa shape index (κ2) is 19.5. The Morgan fingerprint density at radius 1 is 0.676 bits per heavy atom. The van der Waals surface area contributed by atoms with Crippen LogP contribution in [0.15, 0.2) is 79.0 Å². The van der Waals surface area contributed by atoms with Gasteiger partial charge in [-0.05, 0) is 63.6 Å². The molecule has 21 nitrogen and oxygen atoms in total. The maximum absolute atomic E-state index is 15.3. The van der Waals surface area contributed by atoms with Crippen LogP contribution in [0.25, 0.3) is 0 Å². The fraction of sp³-hybridized carbons (Fsp3) is 0.480. The molecule has 12 atom stereocenters. The summed E-state index contributed by atoms with van der Waals surface area (Å²) in [6.07, 6.45) is -12.4. The molecule has 1 N–H and O–H groups in total. The molecule has 2 aliphatic carbocycles. The summed E-state index contributed by atoms with van der Waals surface area (Å²) in [4.78, 5) is 130. The van der Waals surface area contributed by atoms with Gasteiger partial charge in [-0.2, -0.15) is 0 Å². The van der Waals surface area contributed by atoms with Crippen LogP contribution in [0.4, 0.5) is 0 Å². The van der Waals surface area contributed by atoms with E-state index in [1.165, 1.54) is 68.6 Å². The number of aromatic nitrogens is 1. The molecule has 0 unspecified atom stereocenters. The van der Waals surface area contributed by atoms with E-state index in [4.69, 9.17) is 47.4 Å². The topological polar surface area (TPSA) is 279 Å². The highest BCUT2D eigenvalue weighted by Crippen LogP contribution is 2.70. The van der Waals surface area contributed by atoms with E-state index in [2.05, 4.69) is 4.98 Å². The highest BCUT2D eigenvalue weighted by Gasteiger charge is 2.92. The van der Waals surface area contributed by atoms with Gasteiger partial charge in [0, 0.05) is 47.2 Å². The molecule has 2 saturated carbocycles. The molecule has 1 aromatic heterocycles. The molecular formula is C50H53NO20. The summed E-state index contributed by atoms with van der Waals surface area (Å²) < 4.78 is 61.9. The van der Waals surface area contributed by atoms with Crippen molar-refractivity contribution in [2.75, 3.05) is 13.2 Å². The zero-order chi connectivity index (χ0) is 51.8. The van der Waals surface area contributed by atoms with Crippen molar-refractivity contribution in [3.8, 4) is 0 Å². The summed E-state index contributed by atoms with van der Waals surface area (Å²) in [7, 11) is 0. The van der Waals surface area contributed by atoms with Crippen LogP contribution >= 0.6 is 0 Å². The molecule has 71 heavy (non-hydrogen) atoms. The van der Waals surface area contributed by atoms with E-state index < -0.39 is 144 Å². The predicted molar refractivity (Wildman–Crippen MR) is 236 cm³/mol. The van der Waals surface area contributed by atoms with Crippen LogP contribution in [0.1, 0.15) is 98.6 Å². The second-order valence-corrected chi connectivity index (χ2v) is 18.4. The van der Waals surface area contributed by atoms with Crippen LogP contribution < -0.4 is 0 Å². The van der Waals surface area contributed by atoms with Crippen molar-refractivity contribution in [3.63, 3.8) is 0 Å². The van der Waals surface area contributed by atoms with E-state index >= 15 is 4.79 Å². The molecule has 2 aliphatic heterocycles. The number of cyclic esters (lactones) is 1. The van der Waals surface area contributed by atoms with Gasteiger partial charge in [0.25, 0.3) is 0 Å². The molecule has 1 saturated heterocycles. The number of rotatable bonds is 10. The minimum atomic E-state index is -3.06. The van der Waals surface area contributed by atoms with Crippen LogP contribution in [-0.4, -0.2) is 136 Å². The van der Waals surface area contributed by atoms with Crippen molar-refractivity contribution in [2.24, 2.45) is 11.3 Å². The van der Waals surface area contributed by atoms with Crippen LogP contribution in [-0.2, 0) is 82.6 Å². The third-order valence-corrected chi connectivity index (χ3v) is 13.5. The van der Waals surface area contributed by atoms with Crippen molar-refractivity contribution in [1.82, 2.24) is 4.98 Å². The summed E-state index contributed by atoms with van der Waals surface area (Å²) in [6.45, 7) is 6.32. The molecule has 21 heteroatoms. The Hall–Kier alpha value is -7.26. The first-order chi connectivity index (χ1) is 33.4. The lowest BCUT2D eigenvalue weighted by Crippen LogP contribution is -2.89. The Morgan fingerprint density at radius 3 is 1.79 bits per heavy atom. The third-order valence-electron chi connectivity index (χ3n) is 13.5. The van der Waals surface area contributed by atoms with Crippen LogP contribution in [0.5, 0.6) is 0 Å². The molecule has 4 aliphatic rings. The van der Waals surface area contributed by atoms with Gasteiger partial charge in [0.15, 0.2) is 30.0 Å². The average Bonchev–Trinajstić information content (AvgIpc) is 3.53. The standard InChI is InChI=1S/C50H53NO20/c1-26(52)62-25-49-40(66-29(4)55)36(64-27(2)53)35-38(68-42(57)31-16-11-9-12-17-31)50(49)48(8,61)39(37(65-28(3)54)41(49)67-30(5)56)69-45(60)46(6,70-43(58)32-18-13-10-14-19-32)22-21-34-33(20-15-23-51-34)44(59)63-24-47(35,7)71-50/h9-20,23,35-41,61H,21-22,24-25H2,1-8H3/t35-,36-,37+,38+,39-,40+,41+,46-,47+,48+,49-,50+/m1/s1. The van der Waals surface area contributed by atoms with Gasteiger partial charge in [0.05, 0.1) is 28.3 Å². The normalized spacial score (nSPS) is 32.9. The average molecular weight is 988 g/mol. The van der Waals surface area contributed by atoms with Crippen molar-refractivity contribution in [2.45, 2.75) is 127 Å². The van der Waals surface area contributed by atoms with E-state index in [9.17, 15) is 43.5 Å². The molecule has 3 fully saturated rings. The van der Waals surface area contributed by atoms with Crippen molar-refractivity contribution < 1.29 is 95.6 Å². The van der Waals surface area contributed by atoms with Gasteiger partial charge in [0.2, 0.25) is 5.60 Å². The number of carbonyl (C=O) groups excluding carboxylic acids is 9. The SMILES string of the molecule is CC(=O)OC[C@]12[C@@H](OC(C)=O)[C@H](OC(C)=O)[C@@H]3[C@H](OC(=O)c4ccccc4)[C@@]14O[C@@]3(C)COC(=O)c1cccnc1CC[C@@](C)(OC(=O)c1ccccc1)C(=O)O[C@H]([C@H](OC(C)=O)[C@@H]2OC(C)=O)[C@]4(C)O. The molecule has 7 rings (SSSR count). The maximum atomic E-state index is 15.3. The lowest BCUT2D eigenvalue weighted by Gasteiger charge is -2.67. The first-order valence-corrected chi connectivity index (χ1v) is 22.5. The lowest BCUT2D eigenvalue weighted by atomic mass is 9.45. The quantitative estimate of drug-likeness (QED) is 0.226. The Kier molecular flexibility index (Phi) is 14.2. The number of esters is 9. The number of nitrogens with zero attached hydrogens (tertiary/aromatic N) is 1. The molecule has 4 bridgehead atoms. The number of hydrogen-bond donors (Lipinski definition) is 1. The van der Waals surface area contributed by atoms with Crippen LogP contribution in [0, 0.1) is 11.3 Å². The van der Waals surface area contributed by atoms with E-state index in [0.717, 1.165) is 41.5 Å². The molecule has 378 valence electrons. The van der Waals surface area contributed by atoms with Crippen LogP contribution in [0.3, 0.4) is 0 Å². The van der Waals surface area contributed by atoms with E-state index in [1.807, 2.05) is 0 Å². The second-order valence-electron chi connectivity index (χ2n) is 18.4. The number of hydrogen-bond acceptors (Lipinski definition) is 21. The zero-order valence-electron chi connectivity index (χ0n) is 40.0. The minimum absolute atomic E-state index is 0.000141. The zero-order valence-corrected chi connectivity index (χ0v) is 40.0. The largest absolute Gasteiger partial charge is 0.465 e. The number of pyridine rings is 1. The molecule has 0 amide bonds. The number of benzene rings is 2. The number of carbonyl (C=O) groups is 9. The fourth-order valence-electron chi connectivity index (χ4n) is 10.7. The molecule has 3 heterocycles. The molecule has 0 radical (unpaired) electrons. The Bertz CT molecular complexity index is 2620. The lowest BCUT2D eigenvalue weighted by molar-refractivity contribution is -0.386. The van der Waals surface area contributed by atoms with Crippen molar-refractivity contribution in [1.29, 1.82) is 0 Å². The molecule has 3 aromatic rings. The summed E-state index contributed by atoms with van der Waals surface area (Å²) in [5.74, 6) is -11.7. The number of ether oxygens (including phenoxy) is 10. The maximum Gasteiger partial charge on any atom is 0.350 e. The molecule has 1 spiro atoms. The van der Waals surface area contributed by atoms with E-state index in [0.29, 0.717) is 0 Å². The van der Waals surface area contributed by atoms with Gasteiger partial charge in [-0.15, -0.1) is 0 Å². The summed E-state index contributed by atoms with van der Waals surface area (Å²) >= 11 is 0. The number of aliphatic hydroxyl groups is 1. The number of fused-ring (bicyclic) bond motifs is 5. The molecular weight excluding hydrogens is 935 g/mol. The first kappa shape index (κ1) is 51.6. The molecule has 2 aromatic carbocycles. The van der Waals surface area contributed by atoms with Gasteiger partial charge < -0.3 is 52.5 Å². The fourth-order valence-corrected chi connectivity index (χ4v) is 10.7. The van der Waals surface area contributed by atoms with Crippen molar-refractivity contribution >= 4 is 53.7 Å². The minimum Gasteiger partial charge on any atom is -0.465 e. The Balaban J connectivity index is 1.62.